The van der Waals surface area contributed by atoms with E-state index in [1.807, 2.05) is 38.5 Å². The highest BCUT2D eigenvalue weighted by atomic mass is 35.5. The molecule has 3 amide bonds. The number of alkyl halides is 1. The second kappa shape index (κ2) is 21.1. The Labute approximate surface area is 296 Å². The smallest absolute Gasteiger partial charge is 0.246 e. The number of nitrogens with one attached hydrogen (secondary N) is 2. The first kappa shape index (κ1) is 40.3. The molecule has 3 rings (SSSR count). The summed E-state index contributed by atoms with van der Waals surface area (Å²) in [6.07, 6.45) is 6.37. The SMILES string of the molecule is CC1N=CSC1c1ccc(CNC(=O)[C@@H]2C[C@@H](O)CN2C(=O)C(NC(=O)CCCCCOCCOCCCCCCCl)C(C)(C)C)cc1. The van der Waals surface area contributed by atoms with Gasteiger partial charge in [0.05, 0.1) is 36.2 Å². The molecule has 2 heterocycles. The van der Waals surface area contributed by atoms with Crippen LogP contribution < -0.4 is 10.6 Å². The average Bonchev–Trinajstić information content (AvgIpc) is 3.67. The summed E-state index contributed by atoms with van der Waals surface area (Å²) in [7, 11) is 0. The molecule has 2 aliphatic rings. The predicted molar refractivity (Wildman–Crippen MR) is 193 cm³/mol. The van der Waals surface area contributed by atoms with Crippen LogP contribution in [0.3, 0.4) is 0 Å². The fourth-order valence-electron chi connectivity index (χ4n) is 5.87. The number of unbranched alkanes of at least 4 members (excludes halogenated alkanes) is 5. The minimum absolute atomic E-state index is 0.0486. The molecule has 2 aliphatic heterocycles. The predicted octanol–water partition coefficient (Wildman–Crippen LogP) is 5.39. The number of halogens is 1. The summed E-state index contributed by atoms with van der Waals surface area (Å²) in [5.41, 5.74) is 3.44. The molecule has 270 valence electrons. The maximum Gasteiger partial charge on any atom is 0.246 e. The molecular formula is C36H57ClN4O6S. The van der Waals surface area contributed by atoms with Gasteiger partial charge in [0.1, 0.15) is 12.1 Å². The molecule has 0 saturated carbocycles. The number of β-amino-alcohol motifs (C(OH)–C–C–N with tert-alkyl or cyclic N) is 1. The van der Waals surface area contributed by atoms with E-state index in [9.17, 15) is 19.5 Å². The van der Waals surface area contributed by atoms with Gasteiger partial charge in [-0.1, -0.05) is 64.3 Å². The molecule has 1 aromatic carbocycles. The summed E-state index contributed by atoms with van der Waals surface area (Å²) in [6, 6.07) is 6.71. The number of carbonyl (C=O) groups is 3. The van der Waals surface area contributed by atoms with Crippen molar-refractivity contribution in [3.63, 3.8) is 0 Å². The summed E-state index contributed by atoms with van der Waals surface area (Å²) >= 11 is 7.39. The van der Waals surface area contributed by atoms with Crippen LogP contribution in [0.25, 0.3) is 0 Å². The Morgan fingerprint density at radius 2 is 1.65 bits per heavy atom. The average molecular weight is 709 g/mol. The van der Waals surface area contributed by atoms with Gasteiger partial charge < -0.3 is 30.1 Å². The topological polar surface area (TPSA) is 130 Å². The number of rotatable bonds is 21. The van der Waals surface area contributed by atoms with E-state index in [4.69, 9.17) is 21.1 Å². The molecule has 1 fully saturated rings. The third-order valence-electron chi connectivity index (χ3n) is 8.74. The Morgan fingerprint density at radius 1 is 1.00 bits per heavy atom. The van der Waals surface area contributed by atoms with E-state index >= 15 is 0 Å². The van der Waals surface area contributed by atoms with Crippen LogP contribution in [0.15, 0.2) is 29.3 Å². The van der Waals surface area contributed by atoms with Gasteiger partial charge in [-0.2, -0.15) is 0 Å². The van der Waals surface area contributed by atoms with Gasteiger partial charge in [0.25, 0.3) is 0 Å². The number of amides is 3. The number of aliphatic hydroxyl groups is 1. The molecule has 12 heteroatoms. The van der Waals surface area contributed by atoms with Crippen molar-refractivity contribution in [2.24, 2.45) is 10.4 Å². The first-order chi connectivity index (χ1) is 23.0. The van der Waals surface area contributed by atoms with E-state index in [0.717, 1.165) is 56.6 Å². The van der Waals surface area contributed by atoms with Gasteiger partial charge in [0.2, 0.25) is 17.7 Å². The monoisotopic (exact) mass is 708 g/mol. The number of benzene rings is 1. The summed E-state index contributed by atoms with van der Waals surface area (Å²) in [6.45, 7) is 10.6. The van der Waals surface area contributed by atoms with Crippen LogP contribution >= 0.6 is 23.4 Å². The van der Waals surface area contributed by atoms with Crippen molar-refractivity contribution in [2.75, 3.05) is 38.9 Å². The quantitative estimate of drug-likeness (QED) is 0.115. The molecule has 10 nitrogen and oxygen atoms in total. The number of nitrogens with zero attached hydrogens (tertiary/aromatic N) is 2. The highest BCUT2D eigenvalue weighted by Gasteiger charge is 2.44. The van der Waals surface area contributed by atoms with E-state index in [0.29, 0.717) is 44.5 Å². The van der Waals surface area contributed by atoms with Crippen LogP contribution in [0.2, 0.25) is 0 Å². The van der Waals surface area contributed by atoms with Crippen molar-refractivity contribution in [2.45, 2.75) is 122 Å². The van der Waals surface area contributed by atoms with Gasteiger partial charge in [0.15, 0.2) is 0 Å². The van der Waals surface area contributed by atoms with Crippen LogP contribution in [0.5, 0.6) is 0 Å². The Balaban J connectivity index is 1.39. The lowest BCUT2D eigenvalue weighted by molar-refractivity contribution is -0.144. The molecular weight excluding hydrogens is 652 g/mol. The molecule has 1 aromatic rings. The number of aliphatic hydroxyl groups excluding tert-OH is 1. The molecule has 0 bridgehead atoms. The molecule has 3 N–H and O–H groups in total. The number of thioether (sulfide) groups is 1. The molecule has 0 aliphatic carbocycles. The largest absolute Gasteiger partial charge is 0.391 e. The highest BCUT2D eigenvalue weighted by Crippen LogP contribution is 2.36. The van der Waals surface area contributed by atoms with E-state index in [1.165, 1.54) is 10.5 Å². The second-order valence-electron chi connectivity index (χ2n) is 13.9. The van der Waals surface area contributed by atoms with Crippen molar-refractivity contribution in [3.05, 3.63) is 35.4 Å². The van der Waals surface area contributed by atoms with Gasteiger partial charge in [-0.3, -0.25) is 19.4 Å². The number of ether oxygens (including phenoxy) is 2. The third kappa shape index (κ3) is 13.6. The Bertz CT molecular complexity index is 1160. The summed E-state index contributed by atoms with van der Waals surface area (Å²) in [4.78, 5) is 45.9. The molecule has 48 heavy (non-hydrogen) atoms. The normalized spacial score (nSPS) is 21.4. The first-order valence-electron chi connectivity index (χ1n) is 17.5. The second-order valence-corrected chi connectivity index (χ2v) is 15.3. The van der Waals surface area contributed by atoms with Crippen LogP contribution in [0.4, 0.5) is 0 Å². The lowest BCUT2D eigenvalue weighted by atomic mass is 9.85. The highest BCUT2D eigenvalue weighted by molar-refractivity contribution is 8.12. The molecule has 3 unspecified atom stereocenters. The van der Waals surface area contributed by atoms with Crippen molar-refractivity contribution in [1.29, 1.82) is 0 Å². The molecule has 5 atom stereocenters. The Hall–Kier alpha value is -2.18. The number of likely N-dealkylation sites (tertiary alicyclic amines) is 1. The maximum atomic E-state index is 13.8. The van der Waals surface area contributed by atoms with Crippen molar-refractivity contribution < 1.29 is 29.0 Å². The van der Waals surface area contributed by atoms with Crippen molar-refractivity contribution in [1.82, 2.24) is 15.5 Å². The minimum atomic E-state index is -0.832. The molecule has 0 radical (unpaired) electrons. The van der Waals surface area contributed by atoms with Gasteiger partial charge in [-0.05, 0) is 49.1 Å². The van der Waals surface area contributed by atoms with E-state index in [-0.39, 0.29) is 36.7 Å². The first-order valence-corrected chi connectivity index (χ1v) is 19.0. The number of hydrogen-bond acceptors (Lipinski definition) is 8. The molecule has 0 spiro atoms. The number of carbonyl (C=O) groups excluding carboxylic acids is 3. The zero-order valence-electron chi connectivity index (χ0n) is 29.3. The third-order valence-corrected chi connectivity index (χ3v) is 10.2. The Morgan fingerprint density at radius 3 is 2.25 bits per heavy atom. The van der Waals surface area contributed by atoms with Crippen molar-refractivity contribution in [3.8, 4) is 0 Å². The van der Waals surface area contributed by atoms with E-state index in [1.54, 1.807) is 11.8 Å². The summed E-state index contributed by atoms with van der Waals surface area (Å²) < 4.78 is 11.2. The van der Waals surface area contributed by atoms with Crippen LogP contribution in [0.1, 0.15) is 102 Å². The van der Waals surface area contributed by atoms with Gasteiger partial charge in [-0.15, -0.1) is 23.4 Å². The zero-order chi connectivity index (χ0) is 34.9. The van der Waals surface area contributed by atoms with Crippen LogP contribution in [-0.4, -0.2) is 96.4 Å². The van der Waals surface area contributed by atoms with Gasteiger partial charge >= 0.3 is 0 Å². The van der Waals surface area contributed by atoms with Crippen molar-refractivity contribution >= 4 is 46.6 Å². The van der Waals surface area contributed by atoms with E-state index < -0.39 is 23.6 Å². The minimum Gasteiger partial charge on any atom is -0.391 e. The van der Waals surface area contributed by atoms with E-state index in [2.05, 4.69) is 34.7 Å². The summed E-state index contributed by atoms with van der Waals surface area (Å²) in [5, 5.41) is 16.7. The van der Waals surface area contributed by atoms with Gasteiger partial charge in [0, 0.05) is 45.0 Å². The van der Waals surface area contributed by atoms with Crippen LogP contribution in [-0.2, 0) is 30.4 Å². The van der Waals surface area contributed by atoms with Gasteiger partial charge in [-0.25, -0.2) is 0 Å². The standard InChI is InChI=1S/C36H57ClN4O6S/c1-26-32(48-25-39-26)28-15-13-27(14-16-28)23-38-34(44)30-22-29(42)24-41(30)35(45)33(36(2,3)4)40-31(43)12-8-7-11-19-47-21-20-46-18-10-6-5-9-17-37/h13-16,25-26,29-30,32-33,42H,5-12,17-24H2,1-4H3,(H,38,44)(H,40,43)/t26?,29-,30+,32?,33?/m1/s1. The molecule has 1 saturated heterocycles. The lowest BCUT2D eigenvalue weighted by Crippen LogP contribution is -2.57. The van der Waals surface area contributed by atoms with Crippen LogP contribution in [0, 0.1) is 5.41 Å². The summed E-state index contributed by atoms with van der Waals surface area (Å²) in [5.74, 6) is -0.155. The molecule has 0 aromatic heterocycles. The number of aliphatic imine (C=N–C) groups is 1. The Kier molecular flexibility index (Phi) is 17.7. The maximum absolute atomic E-state index is 13.8. The zero-order valence-corrected chi connectivity index (χ0v) is 30.8. The lowest BCUT2D eigenvalue weighted by Gasteiger charge is -2.35. The fraction of sp³-hybridized carbons (Fsp3) is 0.722. The fourth-order valence-corrected chi connectivity index (χ4v) is 7.07. The number of hydrogen-bond donors (Lipinski definition) is 3.